The van der Waals surface area contributed by atoms with Crippen molar-refractivity contribution >= 4 is 27.5 Å². The minimum atomic E-state index is -0.884. The van der Waals surface area contributed by atoms with Crippen LogP contribution in [0.15, 0.2) is 22.7 Å². The predicted octanol–water partition coefficient (Wildman–Crippen LogP) is 1.02. The molecule has 1 rings (SSSR count). The van der Waals surface area contributed by atoms with E-state index < -0.39 is 11.9 Å². The molecule has 1 aromatic carbocycles. The van der Waals surface area contributed by atoms with Crippen molar-refractivity contribution in [3.8, 4) is 0 Å². The molecule has 82 valence electrons. The number of hydrogen-bond acceptors (Lipinski definition) is 3. The van der Waals surface area contributed by atoms with Gasteiger partial charge in [-0.1, -0.05) is 22.0 Å². The van der Waals surface area contributed by atoms with Crippen molar-refractivity contribution < 1.29 is 9.90 Å². The highest BCUT2D eigenvalue weighted by Crippen LogP contribution is 2.20. The summed E-state index contributed by atoms with van der Waals surface area (Å²) in [5.41, 5.74) is 7.10. The van der Waals surface area contributed by atoms with E-state index in [1.165, 1.54) is 0 Å². The second-order valence-electron chi connectivity index (χ2n) is 3.24. The number of aryl methyl sites for hydroxylation is 1. The zero-order valence-corrected chi connectivity index (χ0v) is 9.91. The number of halogens is 1. The van der Waals surface area contributed by atoms with Crippen LogP contribution in [0.3, 0.4) is 0 Å². The third kappa shape index (κ3) is 3.30. The molecule has 0 aliphatic carbocycles. The maximum absolute atomic E-state index is 11.3. The van der Waals surface area contributed by atoms with Gasteiger partial charge in [-0.3, -0.25) is 4.79 Å². The summed E-state index contributed by atoms with van der Waals surface area (Å²) in [6.45, 7) is 1.59. The first-order chi connectivity index (χ1) is 7.04. The molecule has 0 heterocycles. The van der Waals surface area contributed by atoms with Gasteiger partial charge in [0.25, 0.3) is 0 Å². The lowest BCUT2D eigenvalue weighted by atomic mass is 10.2. The number of benzene rings is 1. The average Bonchev–Trinajstić information content (AvgIpc) is 2.22. The van der Waals surface area contributed by atoms with E-state index in [9.17, 15) is 4.79 Å². The Hall–Kier alpha value is -0.910. The minimum absolute atomic E-state index is 0.362. The number of aliphatic hydroxyl groups excluding tert-OH is 1. The molecule has 0 saturated carbocycles. The fraction of sp³-hybridized carbons (Fsp3) is 0.300. The fourth-order valence-electron chi connectivity index (χ4n) is 0.988. The molecule has 1 atom stereocenters. The fourth-order valence-corrected chi connectivity index (χ4v) is 1.37. The Morgan fingerprint density at radius 2 is 2.33 bits per heavy atom. The maximum atomic E-state index is 11.3. The summed E-state index contributed by atoms with van der Waals surface area (Å²) in [5.74, 6) is -0.395. The van der Waals surface area contributed by atoms with Gasteiger partial charge in [-0.2, -0.15) is 0 Å². The molecule has 1 unspecified atom stereocenters. The largest absolute Gasteiger partial charge is 0.394 e. The first-order valence-corrected chi connectivity index (χ1v) is 5.27. The third-order valence-electron chi connectivity index (χ3n) is 1.97. The highest BCUT2D eigenvalue weighted by molar-refractivity contribution is 9.10. The van der Waals surface area contributed by atoms with Crippen LogP contribution in [0.25, 0.3) is 0 Å². The first-order valence-electron chi connectivity index (χ1n) is 4.48. The number of carbonyl (C=O) groups excluding carboxylic acids is 1. The molecule has 4 N–H and O–H groups in total. The second kappa shape index (κ2) is 5.25. The molecule has 0 radical (unpaired) electrons. The van der Waals surface area contributed by atoms with E-state index in [2.05, 4.69) is 21.2 Å². The SMILES string of the molecule is Cc1ccc(NC(=O)C(N)CO)cc1Br. The van der Waals surface area contributed by atoms with Crippen molar-refractivity contribution in [1.82, 2.24) is 0 Å². The third-order valence-corrected chi connectivity index (χ3v) is 2.83. The van der Waals surface area contributed by atoms with E-state index in [-0.39, 0.29) is 6.61 Å². The zero-order valence-electron chi connectivity index (χ0n) is 8.33. The van der Waals surface area contributed by atoms with Gasteiger partial charge in [-0.05, 0) is 24.6 Å². The molecule has 0 fully saturated rings. The summed E-state index contributed by atoms with van der Waals surface area (Å²) in [5, 5.41) is 11.3. The monoisotopic (exact) mass is 272 g/mol. The van der Waals surface area contributed by atoms with Crippen LogP contribution in [0.5, 0.6) is 0 Å². The Labute approximate surface area is 96.6 Å². The Bertz CT molecular complexity index is 368. The van der Waals surface area contributed by atoms with E-state index in [1.54, 1.807) is 12.1 Å². The molecule has 15 heavy (non-hydrogen) atoms. The quantitative estimate of drug-likeness (QED) is 0.769. The number of nitrogens with one attached hydrogen (secondary N) is 1. The minimum Gasteiger partial charge on any atom is -0.394 e. The summed E-state index contributed by atoms with van der Waals surface area (Å²) in [6.07, 6.45) is 0. The van der Waals surface area contributed by atoms with E-state index >= 15 is 0 Å². The highest BCUT2D eigenvalue weighted by Gasteiger charge is 2.11. The van der Waals surface area contributed by atoms with E-state index in [4.69, 9.17) is 10.8 Å². The molecule has 1 amide bonds. The number of hydrogen-bond donors (Lipinski definition) is 3. The topological polar surface area (TPSA) is 75.4 Å². The van der Waals surface area contributed by atoms with E-state index in [1.807, 2.05) is 13.0 Å². The van der Waals surface area contributed by atoms with Crippen molar-refractivity contribution in [2.75, 3.05) is 11.9 Å². The summed E-state index contributed by atoms with van der Waals surface area (Å²) >= 11 is 3.36. The molecule has 5 heteroatoms. The van der Waals surface area contributed by atoms with Gasteiger partial charge in [-0.25, -0.2) is 0 Å². The number of anilines is 1. The Morgan fingerprint density at radius 3 is 2.87 bits per heavy atom. The molecule has 1 aromatic rings. The molecule has 0 saturated heterocycles. The van der Waals surface area contributed by atoms with Crippen molar-refractivity contribution in [3.63, 3.8) is 0 Å². The van der Waals surface area contributed by atoms with Crippen LogP contribution in [0.4, 0.5) is 5.69 Å². The summed E-state index contributed by atoms with van der Waals surface area (Å²) in [7, 11) is 0. The lowest BCUT2D eigenvalue weighted by molar-refractivity contribution is -0.118. The Kier molecular flexibility index (Phi) is 4.26. The molecular weight excluding hydrogens is 260 g/mol. The number of amides is 1. The molecule has 0 aromatic heterocycles. The van der Waals surface area contributed by atoms with Crippen molar-refractivity contribution in [2.24, 2.45) is 5.73 Å². The highest BCUT2D eigenvalue weighted by atomic mass is 79.9. The predicted molar refractivity (Wildman–Crippen MR) is 62.6 cm³/mol. The van der Waals surface area contributed by atoms with Crippen molar-refractivity contribution in [2.45, 2.75) is 13.0 Å². The lowest BCUT2D eigenvalue weighted by Gasteiger charge is -2.10. The van der Waals surface area contributed by atoms with Crippen molar-refractivity contribution in [3.05, 3.63) is 28.2 Å². The van der Waals surface area contributed by atoms with Crippen LogP contribution in [-0.2, 0) is 4.79 Å². The number of aliphatic hydroxyl groups is 1. The van der Waals surface area contributed by atoms with Gasteiger partial charge in [0.2, 0.25) is 5.91 Å². The van der Waals surface area contributed by atoms with Crippen LogP contribution in [0.1, 0.15) is 5.56 Å². The van der Waals surface area contributed by atoms with Crippen LogP contribution in [0, 0.1) is 6.92 Å². The van der Waals surface area contributed by atoms with E-state index in [0.717, 1.165) is 10.0 Å². The second-order valence-corrected chi connectivity index (χ2v) is 4.10. The zero-order chi connectivity index (χ0) is 11.4. The summed E-state index contributed by atoms with van der Waals surface area (Å²) in [6, 6.07) is 4.56. The molecule has 0 spiro atoms. The van der Waals surface area contributed by atoms with Crippen molar-refractivity contribution in [1.29, 1.82) is 0 Å². The van der Waals surface area contributed by atoms with Gasteiger partial charge in [0.05, 0.1) is 6.61 Å². The standard InChI is InChI=1S/C10H13BrN2O2/c1-6-2-3-7(4-8(6)11)13-10(15)9(12)5-14/h2-4,9,14H,5,12H2,1H3,(H,13,15). The average molecular weight is 273 g/mol. The van der Waals surface area contributed by atoms with Gasteiger partial charge >= 0.3 is 0 Å². The number of carbonyl (C=O) groups is 1. The van der Waals surface area contributed by atoms with Crippen LogP contribution < -0.4 is 11.1 Å². The van der Waals surface area contributed by atoms with Gasteiger partial charge < -0.3 is 16.2 Å². The Balaban J connectivity index is 2.73. The molecule has 0 aliphatic rings. The van der Waals surface area contributed by atoms with Gasteiger partial charge in [0.15, 0.2) is 0 Å². The number of rotatable bonds is 3. The Morgan fingerprint density at radius 1 is 1.67 bits per heavy atom. The smallest absolute Gasteiger partial charge is 0.243 e. The van der Waals surface area contributed by atoms with E-state index in [0.29, 0.717) is 5.69 Å². The normalized spacial score (nSPS) is 12.3. The van der Waals surface area contributed by atoms with Gasteiger partial charge in [0.1, 0.15) is 6.04 Å². The summed E-state index contributed by atoms with van der Waals surface area (Å²) < 4.78 is 0.915. The van der Waals surface area contributed by atoms with Gasteiger partial charge in [-0.15, -0.1) is 0 Å². The van der Waals surface area contributed by atoms with Gasteiger partial charge in [0, 0.05) is 10.2 Å². The van der Waals surface area contributed by atoms with Crippen LogP contribution in [0.2, 0.25) is 0 Å². The maximum Gasteiger partial charge on any atom is 0.243 e. The molecular formula is C10H13BrN2O2. The summed E-state index contributed by atoms with van der Waals surface area (Å²) in [4.78, 5) is 11.3. The lowest BCUT2D eigenvalue weighted by Crippen LogP contribution is -2.38. The number of nitrogens with two attached hydrogens (primary N) is 1. The van der Waals surface area contributed by atoms with Crippen LogP contribution >= 0.6 is 15.9 Å². The van der Waals surface area contributed by atoms with Crippen LogP contribution in [-0.4, -0.2) is 23.7 Å². The molecule has 4 nitrogen and oxygen atoms in total. The first kappa shape index (κ1) is 12.2. The molecule has 0 aliphatic heterocycles. The molecule has 0 bridgehead atoms.